The SMILES string of the molecule is CN(C(=O)CN1CCS(=O)(=O)CC1CC(=O)O)C1CC1. The molecule has 0 aromatic rings. The predicted molar refractivity (Wildman–Crippen MR) is 72.1 cm³/mol. The highest BCUT2D eigenvalue weighted by molar-refractivity contribution is 7.91. The lowest BCUT2D eigenvalue weighted by Gasteiger charge is -2.35. The van der Waals surface area contributed by atoms with Gasteiger partial charge in [0, 0.05) is 25.7 Å². The first-order valence-corrected chi connectivity index (χ1v) is 8.52. The number of sulfone groups is 1. The molecule has 1 saturated carbocycles. The zero-order valence-corrected chi connectivity index (χ0v) is 12.3. The maximum absolute atomic E-state index is 12.1. The Hall–Kier alpha value is -1.15. The number of amides is 1. The molecule has 1 amide bonds. The molecule has 1 heterocycles. The molecule has 1 saturated heterocycles. The van der Waals surface area contributed by atoms with Crippen molar-refractivity contribution in [3.63, 3.8) is 0 Å². The summed E-state index contributed by atoms with van der Waals surface area (Å²) in [6, 6.07) is -0.309. The minimum Gasteiger partial charge on any atom is -0.481 e. The van der Waals surface area contributed by atoms with E-state index in [0.29, 0.717) is 6.04 Å². The van der Waals surface area contributed by atoms with Gasteiger partial charge in [0.15, 0.2) is 9.84 Å². The predicted octanol–water partition coefficient (Wildman–Crippen LogP) is -0.819. The van der Waals surface area contributed by atoms with Crippen LogP contribution in [0.15, 0.2) is 0 Å². The molecule has 1 unspecified atom stereocenters. The van der Waals surface area contributed by atoms with Crippen LogP contribution < -0.4 is 0 Å². The van der Waals surface area contributed by atoms with Crippen molar-refractivity contribution in [3.05, 3.63) is 0 Å². The second-order valence-electron chi connectivity index (χ2n) is 5.57. The zero-order valence-electron chi connectivity index (χ0n) is 11.5. The lowest BCUT2D eigenvalue weighted by Crippen LogP contribution is -2.52. The van der Waals surface area contributed by atoms with E-state index in [2.05, 4.69) is 0 Å². The zero-order chi connectivity index (χ0) is 14.9. The van der Waals surface area contributed by atoms with E-state index in [9.17, 15) is 18.0 Å². The molecule has 2 rings (SSSR count). The summed E-state index contributed by atoms with van der Waals surface area (Å²) >= 11 is 0. The van der Waals surface area contributed by atoms with Crippen molar-refractivity contribution in [2.75, 3.05) is 31.6 Å². The molecule has 0 radical (unpaired) electrons. The Labute approximate surface area is 118 Å². The van der Waals surface area contributed by atoms with Gasteiger partial charge in [0.1, 0.15) is 0 Å². The first kappa shape index (κ1) is 15.2. The van der Waals surface area contributed by atoms with E-state index in [0.717, 1.165) is 12.8 Å². The molecule has 8 heteroatoms. The van der Waals surface area contributed by atoms with E-state index in [1.807, 2.05) is 0 Å². The molecule has 7 nitrogen and oxygen atoms in total. The lowest BCUT2D eigenvalue weighted by atomic mass is 10.2. The smallest absolute Gasteiger partial charge is 0.304 e. The third-order valence-electron chi connectivity index (χ3n) is 3.89. The Morgan fingerprint density at radius 1 is 1.35 bits per heavy atom. The van der Waals surface area contributed by atoms with Crippen molar-refractivity contribution in [2.45, 2.75) is 31.3 Å². The fourth-order valence-electron chi connectivity index (χ4n) is 2.47. The van der Waals surface area contributed by atoms with Crippen LogP contribution in [0.1, 0.15) is 19.3 Å². The number of carboxylic acids is 1. The fraction of sp³-hybridized carbons (Fsp3) is 0.833. The highest BCUT2D eigenvalue weighted by atomic mass is 32.2. The van der Waals surface area contributed by atoms with Crippen molar-refractivity contribution < 1.29 is 23.1 Å². The summed E-state index contributed by atoms with van der Waals surface area (Å²) in [6.07, 6.45) is 1.77. The molecule has 0 bridgehead atoms. The molecule has 20 heavy (non-hydrogen) atoms. The topological polar surface area (TPSA) is 95.0 Å². The second-order valence-corrected chi connectivity index (χ2v) is 7.80. The van der Waals surface area contributed by atoms with E-state index in [4.69, 9.17) is 5.11 Å². The van der Waals surface area contributed by atoms with Gasteiger partial charge in [-0.05, 0) is 12.8 Å². The van der Waals surface area contributed by atoms with E-state index < -0.39 is 21.8 Å². The van der Waals surface area contributed by atoms with Crippen molar-refractivity contribution in [1.29, 1.82) is 0 Å². The molecule has 2 aliphatic rings. The number of nitrogens with zero attached hydrogens (tertiary/aromatic N) is 2. The molecule has 1 atom stereocenters. The van der Waals surface area contributed by atoms with Crippen LogP contribution in [0.2, 0.25) is 0 Å². The summed E-state index contributed by atoms with van der Waals surface area (Å²) in [6.45, 7) is 0.324. The van der Waals surface area contributed by atoms with Crippen molar-refractivity contribution in [1.82, 2.24) is 9.80 Å². The van der Waals surface area contributed by atoms with Crippen LogP contribution in [-0.2, 0) is 19.4 Å². The van der Waals surface area contributed by atoms with Gasteiger partial charge in [0.25, 0.3) is 0 Å². The van der Waals surface area contributed by atoms with E-state index in [1.54, 1.807) is 16.8 Å². The van der Waals surface area contributed by atoms with E-state index in [1.165, 1.54) is 0 Å². The Kier molecular flexibility index (Phi) is 4.33. The summed E-state index contributed by atoms with van der Waals surface area (Å²) in [4.78, 5) is 26.3. The maximum Gasteiger partial charge on any atom is 0.304 e. The van der Waals surface area contributed by atoms with Gasteiger partial charge < -0.3 is 10.0 Å². The average Bonchev–Trinajstić information content (AvgIpc) is 3.14. The Morgan fingerprint density at radius 2 is 2.00 bits per heavy atom. The number of likely N-dealkylation sites (N-methyl/N-ethyl adjacent to an activating group) is 1. The number of hydrogen-bond donors (Lipinski definition) is 1. The van der Waals surface area contributed by atoms with Crippen LogP contribution >= 0.6 is 0 Å². The summed E-state index contributed by atoms with van der Waals surface area (Å²) in [5, 5.41) is 8.88. The largest absolute Gasteiger partial charge is 0.481 e. The first-order valence-electron chi connectivity index (χ1n) is 6.70. The van der Waals surface area contributed by atoms with Crippen LogP contribution in [0.25, 0.3) is 0 Å². The number of hydrogen-bond acceptors (Lipinski definition) is 5. The molecular weight excluding hydrogens is 284 g/mol. The van der Waals surface area contributed by atoms with Gasteiger partial charge in [-0.25, -0.2) is 8.42 Å². The quantitative estimate of drug-likeness (QED) is 0.713. The van der Waals surface area contributed by atoms with Crippen molar-refractivity contribution in [2.24, 2.45) is 0 Å². The summed E-state index contributed by atoms with van der Waals surface area (Å²) in [5.74, 6) is -1.30. The number of carbonyl (C=O) groups excluding carboxylic acids is 1. The number of rotatable bonds is 5. The molecule has 1 aliphatic carbocycles. The van der Waals surface area contributed by atoms with Gasteiger partial charge in [-0.3, -0.25) is 14.5 Å². The number of carboxylic acid groups (broad SMARTS) is 1. The van der Waals surface area contributed by atoms with Crippen LogP contribution in [0, 0.1) is 0 Å². The molecule has 114 valence electrons. The lowest BCUT2D eigenvalue weighted by molar-refractivity contribution is -0.139. The molecule has 0 aromatic heterocycles. The van der Waals surface area contributed by atoms with Crippen molar-refractivity contribution in [3.8, 4) is 0 Å². The van der Waals surface area contributed by atoms with Crippen LogP contribution in [0.5, 0.6) is 0 Å². The molecular formula is C12H20N2O5S. The van der Waals surface area contributed by atoms with Gasteiger partial charge in [-0.15, -0.1) is 0 Å². The van der Waals surface area contributed by atoms with Crippen molar-refractivity contribution >= 4 is 21.7 Å². The first-order chi connectivity index (χ1) is 9.28. The highest BCUT2D eigenvalue weighted by Crippen LogP contribution is 2.25. The molecule has 1 N–H and O–H groups in total. The van der Waals surface area contributed by atoms with Gasteiger partial charge in [0.05, 0.1) is 24.5 Å². The third kappa shape index (κ3) is 3.92. The maximum atomic E-state index is 12.1. The number of aliphatic carboxylic acids is 1. The van der Waals surface area contributed by atoms with Crippen LogP contribution in [-0.4, -0.2) is 78.9 Å². The minimum atomic E-state index is -3.20. The van der Waals surface area contributed by atoms with Gasteiger partial charge in [0.2, 0.25) is 5.91 Å². The summed E-state index contributed by atoms with van der Waals surface area (Å²) < 4.78 is 23.2. The normalized spacial score (nSPS) is 26.1. The van der Waals surface area contributed by atoms with Gasteiger partial charge in [-0.1, -0.05) is 0 Å². The van der Waals surface area contributed by atoms with E-state index in [-0.39, 0.29) is 36.9 Å². The Bertz CT molecular complexity index is 500. The van der Waals surface area contributed by atoms with E-state index >= 15 is 0 Å². The van der Waals surface area contributed by atoms with Gasteiger partial charge in [-0.2, -0.15) is 0 Å². The second kappa shape index (κ2) is 5.69. The monoisotopic (exact) mass is 304 g/mol. The van der Waals surface area contributed by atoms with Crippen LogP contribution in [0.3, 0.4) is 0 Å². The minimum absolute atomic E-state index is 0.0104. The third-order valence-corrected chi connectivity index (χ3v) is 5.59. The standard InChI is InChI=1S/C12H20N2O5S/c1-13(9-2-3-9)11(15)7-14-4-5-20(18,19)8-10(14)6-12(16)17/h9-10H,2-8H2,1H3,(H,16,17). The molecule has 2 fully saturated rings. The molecule has 1 aliphatic heterocycles. The average molecular weight is 304 g/mol. The highest BCUT2D eigenvalue weighted by Gasteiger charge is 2.36. The Balaban J connectivity index is 1.99. The van der Waals surface area contributed by atoms with Gasteiger partial charge >= 0.3 is 5.97 Å². The van der Waals surface area contributed by atoms with Crippen LogP contribution in [0.4, 0.5) is 0 Å². The summed E-state index contributed by atoms with van der Waals surface area (Å²) in [5.41, 5.74) is 0. The Morgan fingerprint density at radius 3 is 2.55 bits per heavy atom. The molecule has 0 aromatic carbocycles. The fourth-order valence-corrected chi connectivity index (χ4v) is 4.06. The number of carbonyl (C=O) groups is 2. The molecule has 0 spiro atoms. The summed E-state index contributed by atoms with van der Waals surface area (Å²) in [7, 11) is -1.46.